The molecule has 208 valence electrons. The first-order valence-corrected chi connectivity index (χ1v) is 13.5. The molecule has 0 saturated carbocycles. The van der Waals surface area contributed by atoms with E-state index < -0.39 is 4.92 Å². The monoisotopic (exact) mass is 624 g/mol. The number of fused-ring (bicyclic) bond motifs is 2. The lowest BCUT2D eigenvalue weighted by atomic mass is 10.2. The lowest BCUT2D eigenvalue weighted by molar-refractivity contribution is -0.384. The molecule has 0 aliphatic carbocycles. The number of non-ortho nitro benzene ring substituents is 1. The number of methoxy groups -OCH3 is 1. The number of furan rings is 1. The van der Waals surface area contributed by atoms with Crippen molar-refractivity contribution in [2.75, 3.05) is 7.11 Å². The van der Waals surface area contributed by atoms with E-state index in [-0.39, 0.29) is 23.7 Å². The standard InChI is InChI=1S/C31H21BrN4O6/c1-40-27-11-5-7-20(29(27)41-18-19-6-4-8-23(14-19)36(38)39)17-33-35-30(34-25-10-3-2-9-24(25)31(35)37)28-16-21-15-22(32)12-13-26(21)42-28/h2-17H,18H2,1H3. The normalized spacial score (nSPS) is 11.4. The summed E-state index contributed by atoms with van der Waals surface area (Å²) in [4.78, 5) is 29.1. The highest BCUT2D eigenvalue weighted by Gasteiger charge is 2.17. The molecule has 0 fully saturated rings. The molecular weight excluding hydrogens is 604 g/mol. The summed E-state index contributed by atoms with van der Waals surface area (Å²) < 4.78 is 19.7. The smallest absolute Gasteiger partial charge is 0.282 e. The number of aromatic nitrogens is 2. The van der Waals surface area contributed by atoms with Crippen LogP contribution in [0.5, 0.6) is 11.5 Å². The summed E-state index contributed by atoms with van der Waals surface area (Å²) in [6.07, 6.45) is 1.48. The van der Waals surface area contributed by atoms with Crippen LogP contribution in [0.25, 0.3) is 33.5 Å². The first-order chi connectivity index (χ1) is 20.4. The van der Waals surface area contributed by atoms with Crippen LogP contribution in [0, 0.1) is 10.1 Å². The van der Waals surface area contributed by atoms with Gasteiger partial charge in [-0.2, -0.15) is 9.78 Å². The van der Waals surface area contributed by atoms with E-state index in [1.54, 1.807) is 48.5 Å². The van der Waals surface area contributed by atoms with Crippen LogP contribution in [-0.4, -0.2) is 27.9 Å². The van der Waals surface area contributed by atoms with Crippen molar-refractivity contribution in [3.63, 3.8) is 0 Å². The maximum atomic E-state index is 13.7. The summed E-state index contributed by atoms with van der Waals surface area (Å²) in [7, 11) is 1.51. The number of halogens is 1. The third-order valence-corrected chi connectivity index (χ3v) is 6.99. The predicted octanol–water partition coefficient (Wildman–Crippen LogP) is 6.95. The number of nitro benzene ring substituents is 1. The van der Waals surface area contributed by atoms with Gasteiger partial charge in [0.2, 0.25) is 5.82 Å². The third-order valence-electron chi connectivity index (χ3n) is 6.50. The molecule has 0 aliphatic rings. The average Bonchev–Trinajstić information content (AvgIpc) is 3.43. The number of para-hydroxylation sites is 2. The maximum absolute atomic E-state index is 13.7. The topological polar surface area (TPSA) is 122 Å². The summed E-state index contributed by atoms with van der Waals surface area (Å²) in [5, 5.41) is 17.0. The molecular formula is C31H21BrN4O6. The fraction of sp³-hybridized carbons (Fsp3) is 0.0645. The second-order valence-electron chi connectivity index (χ2n) is 9.20. The second-order valence-corrected chi connectivity index (χ2v) is 10.1. The van der Waals surface area contributed by atoms with E-state index in [1.165, 1.54) is 30.1 Å². The molecule has 0 atom stereocenters. The molecule has 2 heterocycles. The number of ether oxygens (including phenoxy) is 2. The predicted molar refractivity (Wildman–Crippen MR) is 162 cm³/mol. The SMILES string of the molecule is COc1cccc(C=Nn2c(-c3cc4cc(Br)ccc4o3)nc3ccccc3c2=O)c1OCc1cccc([N+](=O)[O-])c1. The molecule has 0 radical (unpaired) electrons. The molecule has 0 saturated heterocycles. The van der Waals surface area contributed by atoms with Gasteiger partial charge in [0.1, 0.15) is 12.2 Å². The van der Waals surface area contributed by atoms with Gasteiger partial charge in [-0.25, -0.2) is 4.98 Å². The number of hydrogen-bond donors (Lipinski definition) is 0. The first kappa shape index (κ1) is 26.9. The molecule has 0 bridgehead atoms. The zero-order valence-corrected chi connectivity index (χ0v) is 23.6. The summed E-state index contributed by atoms with van der Waals surface area (Å²) in [5.41, 5.74) is 1.84. The molecule has 0 unspecified atom stereocenters. The van der Waals surface area contributed by atoms with E-state index in [4.69, 9.17) is 18.9 Å². The number of hydrogen-bond acceptors (Lipinski definition) is 8. The van der Waals surface area contributed by atoms with Gasteiger partial charge in [-0.05, 0) is 54.1 Å². The number of rotatable bonds is 8. The molecule has 42 heavy (non-hydrogen) atoms. The van der Waals surface area contributed by atoms with Crippen molar-refractivity contribution in [1.82, 2.24) is 9.66 Å². The zero-order valence-electron chi connectivity index (χ0n) is 22.1. The van der Waals surface area contributed by atoms with Crippen LogP contribution in [0.1, 0.15) is 11.1 Å². The highest BCUT2D eigenvalue weighted by molar-refractivity contribution is 9.10. The van der Waals surface area contributed by atoms with Gasteiger partial charge >= 0.3 is 0 Å². The van der Waals surface area contributed by atoms with Crippen LogP contribution in [0.15, 0.2) is 110 Å². The zero-order chi connectivity index (χ0) is 29.2. The lowest BCUT2D eigenvalue weighted by Crippen LogP contribution is -2.20. The molecule has 0 amide bonds. The number of nitrogens with zero attached hydrogens (tertiary/aromatic N) is 4. The minimum Gasteiger partial charge on any atom is -0.493 e. The van der Waals surface area contributed by atoms with E-state index in [9.17, 15) is 14.9 Å². The molecule has 2 aromatic heterocycles. The van der Waals surface area contributed by atoms with Crippen LogP contribution in [0.4, 0.5) is 5.69 Å². The van der Waals surface area contributed by atoms with E-state index in [1.807, 2.05) is 30.3 Å². The van der Waals surface area contributed by atoms with E-state index in [0.29, 0.717) is 44.9 Å². The van der Waals surface area contributed by atoms with E-state index >= 15 is 0 Å². The summed E-state index contributed by atoms with van der Waals surface area (Å²) in [5.74, 6) is 1.38. The van der Waals surface area contributed by atoms with Crippen LogP contribution >= 0.6 is 15.9 Å². The van der Waals surface area contributed by atoms with Crippen molar-refractivity contribution >= 4 is 49.7 Å². The van der Waals surface area contributed by atoms with E-state index in [2.05, 4.69) is 21.0 Å². The Morgan fingerprint density at radius 3 is 2.71 bits per heavy atom. The van der Waals surface area contributed by atoms with Gasteiger partial charge in [-0.15, -0.1) is 0 Å². The second kappa shape index (κ2) is 11.3. The molecule has 6 rings (SSSR count). The van der Waals surface area contributed by atoms with Gasteiger partial charge in [0.15, 0.2) is 17.3 Å². The van der Waals surface area contributed by atoms with Crippen LogP contribution in [-0.2, 0) is 6.61 Å². The van der Waals surface area contributed by atoms with Gasteiger partial charge < -0.3 is 13.9 Å². The lowest BCUT2D eigenvalue weighted by Gasteiger charge is -2.13. The molecule has 11 heteroatoms. The summed E-state index contributed by atoms with van der Waals surface area (Å²) >= 11 is 3.48. The molecule has 0 aliphatic heterocycles. The minimum atomic E-state index is -0.460. The highest BCUT2D eigenvalue weighted by Crippen LogP contribution is 2.32. The van der Waals surface area contributed by atoms with Crippen molar-refractivity contribution in [2.45, 2.75) is 6.61 Å². The van der Waals surface area contributed by atoms with Gasteiger partial charge in [0, 0.05) is 27.6 Å². The third kappa shape index (κ3) is 5.25. The Morgan fingerprint density at radius 2 is 1.88 bits per heavy atom. The molecule has 0 N–H and O–H groups in total. The quantitative estimate of drug-likeness (QED) is 0.102. The highest BCUT2D eigenvalue weighted by atomic mass is 79.9. The molecule has 0 spiro atoms. The maximum Gasteiger partial charge on any atom is 0.282 e. The Bertz CT molecular complexity index is 2070. The summed E-state index contributed by atoms with van der Waals surface area (Å²) in [6.45, 7) is 0.0418. The number of nitro groups is 1. The van der Waals surface area contributed by atoms with Gasteiger partial charge in [-0.3, -0.25) is 14.9 Å². The minimum absolute atomic E-state index is 0.0356. The first-order valence-electron chi connectivity index (χ1n) is 12.7. The van der Waals surface area contributed by atoms with Crippen LogP contribution in [0.2, 0.25) is 0 Å². The van der Waals surface area contributed by atoms with Gasteiger partial charge in [0.25, 0.3) is 11.2 Å². The average molecular weight is 625 g/mol. The summed E-state index contributed by atoms with van der Waals surface area (Å²) in [6, 6.07) is 25.9. The van der Waals surface area contributed by atoms with Gasteiger partial charge in [-0.1, -0.05) is 46.3 Å². The Hall–Kier alpha value is -5.29. The van der Waals surface area contributed by atoms with Crippen molar-refractivity contribution in [3.8, 4) is 23.1 Å². The Balaban J connectivity index is 1.43. The van der Waals surface area contributed by atoms with E-state index in [0.717, 1.165) is 9.86 Å². The number of benzene rings is 4. The van der Waals surface area contributed by atoms with Gasteiger partial charge in [0.05, 0.1) is 29.2 Å². The largest absolute Gasteiger partial charge is 0.493 e. The Morgan fingerprint density at radius 1 is 1.05 bits per heavy atom. The van der Waals surface area contributed by atoms with Crippen molar-refractivity contribution in [1.29, 1.82) is 0 Å². The molecule has 6 aromatic rings. The fourth-order valence-electron chi connectivity index (χ4n) is 4.50. The molecule has 10 nitrogen and oxygen atoms in total. The van der Waals surface area contributed by atoms with Crippen LogP contribution in [0.3, 0.4) is 0 Å². The van der Waals surface area contributed by atoms with Crippen molar-refractivity contribution in [3.05, 3.63) is 127 Å². The van der Waals surface area contributed by atoms with Crippen molar-refractivity contribution < 1.29 is 18.8 Å². The van der Waals surface area contributed by atoms with Crippen molar-refractivity contribution in [2.24, 2.45) is 5.10 Å². The molecule has 4 aromatic carbocycles. The fourth-order valence-corrected chi connectivity index (χ4v) is 4.88. The Kier molecular flexibility index (Phi) is 7.24. The van der Waals surface area contributed by atoms with Crippen LogP contribution < -0.4 is 15.0 Å². The Labute approximate surface area is 246 Å².